The number of aliphatic hydroxyl groups is 2. The van der Waals surface area contributed by atoms with E-state index in [1.165, 1.54) is 6.07 Å². The van der Waals surface area contributed by atoms with Gasteiger partial charge in [-0.25, -0.2) is 8.78 Å². The summed E-state index contributed by atoms with van der Waals surface area (Å²) < 4.78 is 56.4. The highest BCUT2D eigenvalue weighted by atomic mass is 127. The zero-order chi connectivity index (χ0) is 16.5. The normalized spacial score (nSPS) is 14.7. The summed E-state index contributed by atoms with van der Waals surface area (Å²) in [6, 6.07) is 4.03. The Morgan fingerprint density at radius 2 is 1.82 bits per heavy atom. The first-order chi connectivity index (χ1) is 10.2. The molecule has 2 aromatic rings. The van der Waals surface area contributed by atoms with Gasteiger partial charge in [-0.3, -0.25) is 4.98 Å². The molecule has 0 spiro atoms. The number of pyridine rings is 1. The van der Waals surface area contributed by atoms with Gasteiger partial charge in [-0.1, -0.05) is 0 Å². The smallest absolute Gasteiger partial charge is 0.324 e. The number of aromatic nitrogens is 1. The van der Waals surface area contributed by atoms with Crippen molar-refractivity contribution >= 4 is 22.6 Å². The first-order valence-electron chi connectivity index (χ1n) is 6.01. The highest BCUT2D eigenvalue weighted by Crippen LogP contribution is 2.45. The number of hydrogen-bond acceptors (Lipinski definition) is 3. The van der Waals surface area contributed by atoms with Crippen molar-refractivity contribution in [1.29, 1.82) is 0 Å². The first-order valence-corrected chi connectivity index (χ1v) is 7.09. The molecule has 0 fully saturated rings. The van der Waals surface area contributed by atoms with Crippen LogP contribution in [0.4, 0.5) is 17.6 Å². The van der Waals surface area contributed by atoms with Crippen LogP contribution >= 0.6 is 22.6 Å². The molecule has 2 rings (SSSR count). The third-order valence-corrected chi connectivity index (χ3v) is 3.81. The van der Waals surface area contributed by atoms with Crippen molar-refractivity contribution in [2.24, 2.45) is 0 Å². The highest BCUT2D eigenvalue weighted by molar-refractivity contribution is 14.1. The fourth-order valence-electron chi connectivity index (χ4n) is 1.95. The molecular formula is C14H10F4INO2. The van der Waals surface area contributed by atoms with Crippen LogP contribution in [0.1, 0.15) is 11.3 Å². The van der Waals surface area contributed by atoms with Crippen LogP contribution in [0.3, 0.4) is 0 Å². The van der Waals surface area contributed by atoms with Gasteiger partial charge in [0.1, 0.15) is 17.3 Å². The Hall–Kier alpha value is -1.26. The third-order valence-electron chi connectivity index (χ3n) is 3.17. The number of halogens is 5. The van der Waals surface area contributed by atoms with Crippen molar-refractivity contribution in [3.63, 3.8) is 0 Å². The lowest BCUT2D eigenvalue weighted by Crippen LogP contribution is -2.47. The van der Waals surface area contributed by atoms with Crippen LogP contribution in [-0.2, 0) is 11.5 Å². The molecule has 118 valence electrons. The Morgan fingerprint density at radius 3 is 2.32 bits per heavy atom. The average molecular weight is 427 g/mol. The summed E-state index contributed by atoms with van der Waals surface area (Å²) in [6.07, 6.45) is 1.14. The molecule has 0 aliphatic rings. The zero-order valence-corrected chi connectivity index (χ0v) is 13.1. The minimum Gasteiger partial charge on any atom is -0.393 e. The predicted molar refractivity (Wildman–Crippen MR) is 78.2 cm³/mol. The van der Waals surface area contributed by atoms with Gasteiger partial charge in [0, 0.05) is 21.4 Å². The molecule has 3 nitrogen and oxygen atoms in total. The Bertz CT molecular complexity index is 681. The minimum absolute atomic E-state index is 0.355. The van der Waals surface area contributed by atoms with E-state index in [0.717, 1.165) is 18.3 Å². The monoisotopic (exact) mass is 427 g/mol. The van der Waals surface area contributed by atoms with Crippen LogP contribution in [0.15, 0.2) is 36.5 Å². The van der Waals surface area contributed by atoms with Gasteiger partial charge in [-0.15, -0.1) is 0 Å². The van der Waals surface area contributed by atoms with Crippen LogP contribution in [0, 0.1) is 15.2 Å². The third kappa shape index (κ3) is 2.82. The Kier molecular flexibility index (Phi) is 4.73. The van der Waals surface area contributed by atoms with E-state index in [4.69, 9.17) is 0 Å². The van der Waals surface area contributed by atoms with Crippen molar-refractivity contribution in [2.75, 3.05) is 6.61 Å². The van der Waals surface area contributed by atoms with E-state index < -0.39 is 41.0 Å². The molecule has 8 heteroatoms. The van der Waals surface area contributed by atoms with E-state index in [2.05, 4.69) is 4.98 Å². The summed E-state index contributed by atoms with van der Waals surface area (Å²) in [4.78, 5) is 3.51. The number of rotatable bonds is 4. The number of hydrogen-bond donors (Lipinski definition) is 2. The molecule has 22 heavy (non-hydrogen) atoms. The fraction of sp³-hybridized carbons (Fsp3) is 0.214. The summed E-state index contributed by atoms with van der Waals surface area (Å²) >= 11 is 1.85. The molecule has 0 aliphatic heterocycles. The fourth-order valence-corrected chi connectivity index (χ4v) is 2.27. The molecular weight excluding hydrogens is 417 g/mol. The molecule has 2 N–H and O–H groups in total. The molecule has 1 atom stereocenters. The van der Waals surface area contributed by atoms with Gasteiger partial charge in [-0.2, -0.15) is 8.78 Å². The quantitative estimate of drug-likeness (QED) is 0.583. The van der Waals surface area contributed by atoms with Gasteiger partial charge in [0.25, 0.3) is 0 Å². The van der Waals surface area contributed by atoms with Gasteiger partial charge >= 0.3 is 5.92 Å². The second kappa shape index (κ2) is 6.09. The van der Waals surface area contributed by atoms with E-state index in [9.17, 15) is 27.8 Å². The Labute approximate surface area is 136 Å². The Balaban J connectivity index is 2.59. The summed E-state index contributed by atoms with van der Waals surface area (Å²) in [5.74, 6) is -6.47. The molecule has 1 aromatic heterocycles. The molecule has 0 saturated carbocycles. The molecule has 0 unspecified atom stereocenters. The molecule has 0 bridgehead atoms. The zero-order valence-electron chi connectivity index (χ0n) is 10.9. The van der Waals surface area contributed by atoms with Crippen molar-refractivity contribution in [3.05, 3.63) is 63.0 Å². The van der Waals surface area contributed by atoms with Gasteiger partial charge in [0.15, 0.2) is 5.60 Å². The van der Waals surface area contributed by atoms with Gasteiger partial charge in [-0.05, 0) is 46.9 Å². The second-order valence-corrected chi connectivity index (χ2v) is 5.82. The topological polar surface area (TPSA) is 53.4 Å². The summed E-state index contributed by atoms with van der Waals surface area (Å²) in [7, 11) is 0. The average Bonchev–Trinajstić information content (AvgIpc) is 2.46. The van der Waals surface area contributed by atoms with Crippen molar-refractivity contribution in [2.45, 2.75) is 11.5 Å². The lowest BCUT2D eigenvalue weighted by atomic mass is 9.85. The number of nitrogens with zero attached hydrogens (tertiary/aromatic N) is 1. The molecule has 1 heterocycles. The number of benzene rings is 1. The van der Waals surface area contributed by atoms with Crippen LogP contribution in [0.25, 0.3) is 0 Å². The van der Waals surface area contributed by atoms with Crippen LogP contribution < -0.4 is 0 Å². The van der Waals surface area contributed by atoms with E-state index >= 15 is 0 Å². The van der Waals surface area contributed by atoms with E-state index in [1.807, 2.05) is 22.6 Å². The highest BCUT2D eigenvalue weighted by Gasteiger charge is 2.57. The molecule has 0 aliphatic carbocycles. The maximum atomic E-state index is 14.6. The van der Waals surface area contributed by atoms with Gasteiger partial charge < -0.3 is 10.2 Å². The maximum absolute atomic E-state index is 14.6. The lowest BCUT2D eigenvalue weighted by molar-refractivity contribution is -0.216. The van der Waals surface area contributed by atoms with Crippen LogP contribution in [0.5, 0.6) is 0 Å². The molecule has 0 saturated heterocycles. The largest absolute Gasteiger partial charge is 0.393 e. The molecule has 0 amide bonds. The SMILES string of the molecule is OC[C@](O)(c1ccc(F)cc1F)C(F)(F)c1ccc(I)cn1. The van der Waals surface area contributed by atoms with Gasteiger partial charge in [0.2, 0.25) is 0 Å². The maximum Gasteiger partial charge on any atom is 0.324 e. The lowest BCUT2D eigenvalue weighted by Gasteiger charge is -2.34. The van der Waals surface area contributed by atoms with E-state index in [-0.39, 0.29) is 0 Å². The van der Waals surface area contributed by atoms with Crippen LogP contribution in [-0.4, -0.2) is 21.8 Å². The first kappa shape index (κ1) is 17.1. The minimum atomic E-state index is -4.09. The van der Waals surface area contributed by atoms with Crippen molar-refractivity contribution in [3.8, 4) is 0 Å². The standard InChI is InChI=1S/C14H10F4INO2/c15-8-1-3-10(11(16)5-8)13(22,7-21)14(17,18)12-4-2-9(19)6-20-12/h1-6,21-22H,7H2/t13-/m0/s1. The van der Waals surface area contributed by atoms with E-state index in [0.29, 0.717) is 15.7 Å². The van der Waals surface area contributed by atoms with E-state index in [1.54, 1.807) is 0 Å². The Morgan fingerprint density at radius 1 is 1.14 bits per heavy atom. The van der Waals surface area contributed by atoms with Gasteiger partial charge in [0.05, 0.1) is 6.61 Å². The number of alkyl halides is 2. The molecule has 1 aromatic carbocycles. The summed E-state index contributed by atoms with van der Waals surface area (Å²) in [5, 5.41) is 19.5. The predicted octanol–water partition coefficient (Wildman–Crippen LogP) is 2.94. The van der Waals surface area contributed by atoms with Crippen molar-refractivity contribution < 1.29 is 27.8 Å². The molecule has 0 radical (unpaired) electrons. The second-order valence-electron chi connectivity index (χ2n) is 4.58. The van der Waals surface area contributed by atoms with Crippen molar-refractivity contribution in [1.82, 2.24) is 4.98 Å². The summed E-state index contributed by atoms with van der Waals surface area (Å²) in [6.45, 7) is -1.48. The summed E-state index contributed by atoms with van der Waals surface area (Å²) in [5.41, 5.74) is -5.03. The van der Waals surface area contributed by atoms with Crippen LogP contribution in [0.2, 0.25) is 0 Å². The number of aliphatic hydroxyl groups excluding tert-OH is 1.